The van der Waals surface area contributed by atoms with Gasteiger partial charge in [0.2, 0.25) is 0 Å². The fraction of sp³-hybridized carbons (Fsp3) is 0.688. The van der Waals surface area contributed by atoms with Crippen molar-refractivity contribution < 1.29 is 42.9 Å². The molecule has 0 aliphatic carbocycles. The Morgan fingerprint density at radius 3 is 1.89 bits per heavy atom. The first kappa shape index (κ1) is 22.7. The molecular weight excluding hydrogens is 382 g/mol. The van der Waals surface area contributed by atoms with E-state index in [-0.39, 0.29) is 12.4 Å². The van der Waals surface area contributed by atoms with Crippen LogP contribution in [0.4, 0.5) is 0 Å². The molecule has 0 bridgehead atoms. The normalized spacial score (nSPS) is 27.0. The molecule has 0 aromatic rings. The van der Waals surface area contributed by atoms with Gasteiger partial charge in [0.05, 0.1) is 11.8 Å². The second-order valence-corrected chi connectivity index (χ2v) is 6.62. The molecule has 5 atom stereocenters. The van der Waals surface area contributed by atoms with Crippen LogP contribution in [0.25, 0.3) is 0 Å². The molecule has 0 amide bonds. The summed E-state index contributed by atoms with van der Waals surface area (Å²) in [4.78, 5) is 45.8. The lowest BCUT2D eigenvalue weighted by Gasteiger charge is -2.44. The van der Waals surface area contributed by atoms with E-state index < -0.39 is 53.7 Å². The molecular formula is C16H21NO9S. The molecule has 11 heteroatoms. The Labute approximate surface area is 160 Å². The summed E-state index contributed by atoms with van der Waals surface area (Å²) >= 11 is 1.00. The zero-order chi connectivity index (χ0) is 20.6. The minimum Gasteiger partial charge on any atom is -0.463 e. The summed E-state index contributed by atoms with van der Waals surface area (Å²) in [6, 6.07) is 1.92. The summed E-state index contributed by atoms with van der Waals surface area (Å²) in [5.74, 6) is -2.67. The van der Waals surface area contributed by atoms with E-state index in [4.69, 9.17) is 28.9 Å². The van der Waals surface area contributed by atoms with Crippen molar-refractivity contribution >= 4 is 35.6 Å². The maximum Gasteiger partial charge on any atom is 0.303 e. The highest BCUT2D eigenvalue weighted by Crippen LogP contribution is 2.34. The molecule has 27 heavy (non-hydrogen) atoms. The third kappa shape index (κ3) is 7.44. The topological polar surface area (TPSA) is 138 Å². The van der Waals surface area contributed by atoms with Crippen LogP contribution in [0.2, 0.25) is 0 Å². The third-order valence-corrected chi connectivity index (χ3v) is 4.26. The SMILES string of the molecule is CC(=O)OC[C@@H]1O[C@H](SCC#N)[C@H](OC(C)=O)[C@H](OC(C)=O)[C@@H]1OC(C)=O. The number of rotatable bonds is 7. The molecule has 0 radical (unpaired) electrons. The monoisotopic (exact) mass is 403 g/mol. The Morgan fingerprint density at radius 1 is 0.889 bits per heavy atom. The van der Waals surface area contributed by atoms with Gasteiger partial charge in [-0.2, -0.15) is 5.26 Å². The van der Waals surface area contributed by atoms with Gasteiger partial charge in [-0.1, -0.05) is 0 Å². The van der Waals surface area contributed by atoms with Gasteiger partial charge in [-0.25, -0.2) is 0 Å². The van der Waals surface area contributed by atoms with Crippen molar-refractivity contribution in [1.29, 1.82) is 5.26 Å². The van der Waals surface area contributed by atoms with E-state index in [0.717, 1.165) is 32.5 Å². The minimum absolute atomic E-state index is 0.00621. The lowest BCUT2D eigenvalue weighted by Crippen LogP contribution is -2.61. The van der Waals surface area contributed by atoms with Gasteiger partial charge in [-0.3, -0.25) is 19.2 Å². The van der Waals surface area contributed by atoms with E-state index in [1.807, 2.05) is 6.07 Å². The zero-order valence-corrected chi connectivity index (χ0v) is 16.1. The van der Waals surface area contributed by atoms with Crippen molar-refractivity contribution in [2.24, 2.45) is 0 Å². The number of esters is 4. The van der Waals surface area contributed by atoms with Gasteiger partial charge in [0, 0.05) is 27.7 Å². The number of nitriles is 1. The van der Waals surface area contributed by atoms with E-state index in [9.17, 15) is 19.2 Å². The van der Waals surface area contributed by atoms with Crippen molar-refractivity contribution in [3.63, 3.8) is 0 Å². The summed E-state index contributed by atoms with van der Waals surface area (Å²) in [6.07, 6.45) is -4.53. The van der Waals surface area contributed by atoms with E-state index in [2.05, 4.69) is 0 Å². The Balaban J connectivity index is 3.25. The van der Waals surface area contributed by atoms with E-state index in [0.29, 0.717) is 0 Å². The maximum absolute atomic E-state index is 11.6. The quantitative estimate of drug-likeness (QED) is 0.429. The van der Waals surface area contributed by atoms with Crippen LogP contribution in [0.3, 0.4) is 0 Å². The number of carbonyl (C=O) groups is 4. The molecule has 0 N–H and O–H groups in total. The molecule has 1 rings (SSSR count). The van der Waals surface area contributed by atoms with Crippen molar-refractivity contribution in [2.75, 3.05) is 12.4 Å². The van der Waals surface area contributed by atoms with Crippen LogP contribution in [0.5, 0.6) is 0 Å². The number of hydrogen-bond donors (Lipinski definition) is 0. The van der Waals surface area contributed by atoms with Crippen LogP contribution in [0.15, 0.2) is 0 Å². The van der Waals surface area contributed by atoms with Crippen molar-refractivity contribution in [1.82, 2.24) is 0 Å². The largest absolute Gasteiger partial charge is 0.463 e. The first-order valence-corrected chi connectivity index (χ1v) is 8.99. The molecule has 0 saturated carbocycles. The van der Waals surface area contributed by atoms with Gasteiger partial charge in [0.25, 0.3) is 0 Å². The predicted octanol–water partition coefficient (Wildman–Crippen LogP) is 0.326. The van der Waals surface area contributed by atoms with Gasteiger partial charge in [0.1, 0.15) is 18.1 Å². The van der Waals surface area contributed by atoms with Crippen LogP contribution in [-0.4, -0.2) is 66.1 Å². The highest BCUT2D eigenvalue weighted by Gasteiger charge is 2.52. The van der Waals surface area contributed by atoms with Gasteiger partial charge in [-0.15, -0.1) is 11.8 Å². The smallest absolute Gasteiger partial charge is 0.303 e. The van der Waals surface area contributed by atoms with Gasteiger partial charge in [0.15, 0.2) is 18.3 Å². The Hall–Kier alpha value is -2.32. The van der Waals surface area contributed by atoms with E-state index in [1.165, 1.54) is 6.92 Å². The van der Waals surface area contributed by atoms with Crippen LogP contribution >= 0.6 is 11.8 Å². The van der Waals surface area contributed by atoms with Gasteiger partial charge < -0.3 is 23.7 Å². The Kier molecular flexibility index (Phi) is 9.04. The molecule has 0 aromatic carbocycles. The van der Waals surface area contributed by atoms with Crippen molar-refractivity contribution in [3.05, 3.63) is 0 Å². The molecule has 10 nitrogen and oxygen atoms in total. The molecule has 0 unspecified atom stereocenters. The Morgan fingerprint density at radius 2 is 1.41 bits per heavy atom. The lowest BCUT2D eigenvalue weighted by atomic mass is 9.99. The average molecular weight is 403 g/mol. The second-order valence-electron chi connectivity index (χ2n) is 5.54. The lowest BCUT2D eigenvalue weighted by molar-refractivity contribution is -0.237. The standard InChI is InChI=1S/C16H21NO9S/c1-8(18)22-7-12-13(23-9(2)19)14(24-10(3)20)15(25-11(4)21)16(26-12)27-6-5-17/h12-16H,6-7H2,1-4H3/t12-,13+,14+,15+,16+/m0/s1. The summed E-state index contributed by atoms with van der Waals surface area (Å²) < 4.78 is 26.4. The molecule has 0 spiro atoms. The zero-order valence-electron chi connectivity index (χ0n) is 15.3. The summed E-state index contributed by atoms with van der Waals surface area (Å²) in [5.41, 5.74) is -0.912. The fourth-order valence-corrected chi connectivity index (χ4v) is 3.30. The summed E-state index contributed by atoms with van der Waals surface area (Å²) in [5, 5.41) is 8.83. The number of hydrogen-bond acceptors (Lipinski definition) is 11. The highest BCUT2D eigenvalue weighted by atomic mass is 32.2. The van der Waals surface area contributed by atoms with E-state index in [1.54, 1.807) is 0 Å². The maximum atomic E-state index is 11.6. The average Bonchev–Trinajstić information content (AvgIpc) is 2.54. The number of ether oxygens (including phenoxy) is 5. The Bertz CT molecular complexity index is 618. The summed E-state index contributed by atoms with van der Waals surface area (Å²) in [6.45, 7) is 4.34. The molecule has 1 aliphatic rings. The van der Waals surface area contributed by atoms with Crippen LogP contribution < -0.4 is 0 Å². The number of nitrogens with zero attached hydrogens (tertiary/aromatic N) is 1. The molecule has 1 aliphatic heterocycles. The van der Waals surface area contributed by atoms with Crippen molar-refractivity contribution in [3.8, 4) is 6.07 Å². The molecule has 1 fully saturated rings. The van der Waals surface area contributed by atoms with Gasteiger partial charge >= 0.3 is 23.9 Å². The summed E-state index contributed by atoms with van der Waals surface area (Å²) in [7, 11) is 0. The highest BCUT2D eigenvalue weighted by molar-refractivity contribution is 8.00. The minimum atomic E-state index is -1.21. The molecule has 1 saturated heterocycles. The van der Waals surface area contributed by atoms with Crippen LogP contribution in [-0.2, 0) is 42.9 Å². The third-order valence-electron chi connectivity index (χ3n) is 3.26. The van der Waals surface area contributed by atoms with Crippen molar-refractivity contribution in [2.45, 2.75) is 57.5 Å². The van der Waals surface area contributed by atoms with Crippen LogP contribution in [0, 0.1) is 11.3 Å². The first-order valence-electron chi connectivity index (χ1n) is 7.94. The first-order chi connectivity index (χ1) is 12.6. The molecule has 0 aromatic heterocycles. The van der Waals surface area contributed by atoms with E-state index >= 15 is 0 Å². The molecule has 1 heterocycles. The predicted molar refractivity (Wildman–Crippen MR) is 90.0 cm³/mol. The fourth-order valence-electron chi connectivity index (χ4n) is 2.44. The van der Waals surface area contributed by atoms with Crippen LogP contribution in [0.1, 0.15) is 27.7 Å². The number of carbonyl (C=O) groups excluding carboxylic acids is 4. The number of thioether (sulfide) groups is 1. The molecule has 150 valence electrons. The second kappa shape index (κ2) is 10.7. The van der Waals surface area contributed by atoms with Gasteiger partial charge in [-0.05, 0) is 0 Å².